The lowest BCUT2D eigenvalue weighted by molar-refractivity contribution is -0.239. The van der Waals surface area contributed by atoms with Crippen LogP contribution in [0.15, 0.2) is 36.4 Å². The zero-order valence-electron chi connectivity index (χ0n) is 19.6. The maximum absolute atomic E-state index is 12.4. The lowest BCUT2D eigenvalue weighted by Gasteiger charge is -2.42. The molecule has 0 aromatic heterocycles. The number of carbonyl (C=O) groups is 1. The van der Waals surface area contributed by atoms with E-state index in [2.05, 4.69) is 26.0 Å². The summed E-state index contributed by atoms with van der Waals surface area (Å²) in [6.07, 6.45) is 2.21. The predicted octanol–water partition coefficient (Wildman–Crippen LogP) is 2.66. The number of aryl methyl sites for hydroxylation is 1. The Hall–Kier alpha value is -2.39. The van der Waals surface area contributed by atoms with Gasteiger partial charge in [0.2, 0.25) is 0 Å². The number of rotatable bonds is 9. The molecule has 1 saturated heterocycles. The second kappa shape index (κ2) is 12.2. The van der Waals surface area contributed by atoms with Crippen LogP contribution in [0.5, 0.6) is 11.5 Å². The molecule has 1 aromatic carbocycles. The van der Waals surface area contributed by atoms with E-state index in [1.165, 1.54) is 12.1 Å². The van der Waals surface area contributed by atoms with Gasteiger partial charge in [0, 0.05) is 17.7 Å². The number of esters is 1. The van der Waals surface area contributed by atoms with Crippen LogP contribution in [0, 0.1) is 18.8 Å². The standard InChI is InChI=1S/C25H36O8/c1-5-14(2)7-6-8-15(3)9-10-20(29)33-25-22(30)19(13-26)32-24(23(25)31)21-16(4)11-17(27)12-18(21)28/h6-7,9-12,14-15,19,22-28,30-31H,5,8,13H2,1-4H3/b7-6+,10-9+/t14?,15?,19-,22-,23+,24+,25+/m1/s1. The zero-order valence-corrected chi connectivity index (χ0v) is 19.6. The molecular weight excluding hydrogens is 428 g/mol. The smallest absolute Gasteiger partial charge is 0.330 e. The normalized spacial score (nSPS) is 27.7. The Morgan fingerprint density at radius 1 is 1.15 bits per heavy atom. The predicted molar refractivity (Wildman–Crippen MR) is 123 cm³/mol. The van der Waals surface area contributed by atoms with E-state index in [4.69, 9.17) is 9.47 Å². The first-order valence-electron chi connectivity index (χ1n) is 11.3. The van der Waals surface area contributed by atoms with Crippen molar-refractivity contribution >= 4 is 5.97 Å². The van der Waals surface area contributed by atoms with Crippen LogP contribution in [0.3, 0.4) is 0 Å². The van der Waals surface area contributed by atoms with E-state index in [0.29, 0.717) is 11.5 Å². The third-order valence-corrected chi connectivity index (χ3v) is 5.93. The van der Waals surface area contributed by atoms with Crippen LogP contribution in [0.4, 0.5) is 0 Å². The third-order valence-electron chi connectivity index (χ3n) is 5.93. The monoisotopic (exact) mass is 464 g/mol. The van der Waals surface area contributed by atoms with Crippen molar-refractivity contribution in [3.63, 3.8) is 0 Å². The number of aliphatic hydroxyl groups excluding tert-OH is 3. The average Bonchev–Trinajstić information content (AvgIpc) is 2.75. The Bertz CT molecular complexity index is 826. The number of benzene rings is 1. The largest absolute Gasteiger partial charge is 0.508 e. The molecule has 0 amide bonds. The minimum Gasteiger partial charge on any atom is -0.508 e. The van der Waals surface area contributed by atoms with Gasteiger partial charge in [-0.1, -0.05) is 45.4 Å². The Kier molecular flexibility index (Phi) is 9.91. The molecule has 8 heteroatoms. The van der Waals surface area contributed by atoms with Crippen molar-refractivity contribution in [1.82, 2.24) is 0 Å². The summed E-state index contributed by atoms with van der Waals surface area (Å²) in [5.74, 6) is -0.670. The first kappa shape index (κ1) is 26.9. The lowest BCUT2D eigenvalue weighted by Crippen LogP contribution is -2.56. The number of aromatic hydroxyl groups is 2. The lowest BCUT2D eigenvalue weighted by atomic mass is 9.88. The van der Waals surface area contributed by atoms with Crippen LogP contribution in [0.1, 0.15) is 50.8 Å². The van der Waals surface area contributed by atoms with Crippen LogP contribution in [-0.2, 0) is 14.3 Å². The molecule has 1 heterocycles. The zero-order chi connectivity index (χ0) is 24.7. The number of carbonyl (C=O) groups excluding carboxylic acids is 1. The van der Waals surface area contributed by atoms with E-state index in [-0.39, 0.29) is 23.0 Å². The molecule has 1 aromatic rings. The second-order valence-corrected chi connectivity index (χ2v) is 8.74. The summed E-state index contributed by atoms with van der Waals surface area (Å²) in [5.41, 5.74) is 0.595. The first-order chi connectivity index (χ1) is 15.6. The highest BCUT2D eigenvalue weighted by molar-refractivity contribution is 5.82. The van der Waals surface area contributed by atoms with Crippen LogP contribution in [-0.4, -0.2) is 62.5 Å². The summed E-state index contributed by atoms with van der Waals surface area (Å²) >= 11 is 0. The summed E-state index contributed by atoms with van der Waals surface area (Å²) in [4.78, 5) is 12.4. The van der Waals surface area contributed by atoms with Gasteiger partial charge < -0.3 is 35.0 Å². The van der Waals surface area contributed by atoms with Crippen molar-refractivity contribution in [2.24, 2.45) is 11.8 Å². The molecule has 1 aliphatic heterocycles. The summed E-state index contributed by atoms with van der Waals surface area (Å²) < 4.78 is 11.0. The van der Waals surface area contributed by atoms with E-state index < -0.39 is 43.1 Å². The molecule has 0 aliphatic carbocycles. The average molecular weight is 465 g/mol. The van der Waals surface area contributed by atoms with E-state index in [1.54, 1.807) is 13.0 Å². The molecule has 0 saturated carbocycles. The van der Waals surface area contributed by atoms with Gasteiger partial charge >= 0.3 is 5.97 Å². The number of hydrogen-bond donors (Lipinski definition) is 5. The van der Waals surface area contributed by atoms with Gasteiger partial charge in [0.05, 0.1) is 6.61 Å². The Morgan fingerprint density at radius 2 is 1.85 bits per heavy atom. The maximum Gasteiger partial charge on any atom is 0.330 e. The minimum atomic E-state index is -1.52. The number of phenols is 2. The van der Waals surface area contributed by atoms with Crippen molar-refractivity contribution in [3.05, 3.63) is 47.6 Å². The summed E-state index contributed by atoms with van der Waals surface area (Å²) in [6, 6.07) is 2.48. The molecule has 184 valence electrons. The van der Waals surface area contributed by atoms with Gasteiger partial charge in [-0.3, -0.25) is 0 Å². The van der Waals surface area contributed by atoms with E-state index in [1.807, 2.05) is 6.92 Å². The van der Waals surface area contributed by atoms with Gasteiger partial charge in [0.15, 0.2) is 6.10 Å². The molecule has 1 fully saturated rings. The van der Waals surface area contributed by atoms with Crippen molar-refractivity contribution in [2.45, 2.75) is 71.1 Å². The second-order valence-electron chi connectivity index (χ2n) is 8.74. The number of hydrogen-bond acceptors (Lipinski definition) is 8. The highest BCUT2D eigenvalue weighted by Crippen LogP contribution is 2.40. The van der Waals surface area contributed by atoms with E-state index in [9.17, 15) is 30.3 Å². The van der Waals surface area contributed by atoms with E-state index >= 15 is 0 Å². The van der Waals surface area contributed by atoms with Crippen molar-refractivity contribution < 1.29 is 39.8 Å². The summed E-state index contributed by atoms with van der Waals surface area (Å²) in [7, 11) is 0. The van der Waals surface area contributed by atoms with Crippen LogP contribution in [0.2, 0.25) is 0 Å². The van der Waals surface area contributed by atoms with Crippen LogP contribution < -0.4 is 0 Å². The molecule has 0 radical (unpaired) electrons. The molecule has 0 spiro atoms. The van der Waals surface area contributed by atoms with E-state index in [0.717, 1.165) is 18.9 Å². The molecule has 2 unspecified atom stereocenters. The molecule has 8 nitrogen and oxygen atoms in total. The van der Waals surface area contributed by atoms with Gasteiger partial charge in [-0.15, -0.1) is 0 Å². The number of allylic oxidation sites excluding steroid dienone is 3. The molecule has 0 bridgehead atoms. The molecule has 1 aliphatic rings. The van der Waals surface area contributed by atoms with Gasteiger partial charge in [-0.2, -0.15) is 0 Å². The van der Waals surface area contributed by atoms with Crippen LogP contribution in [0.25, 0.3) is 0 Å². The molecular formula is C25H36O8. The number of aliphatic hydroxyl groups is 3. The minimum absolute atomic E-state index is 0.0805. The first-order valence-corrected chi connectivity index (χ1v) is 11.3. The fourth-order valence-electron chi connectivity index (χ4n) is 3.75. The van der Waals surface area contributed by atoms with Gasteiger partial charge in [-0.25, -0.2) is 4.79 Å². The third kappa shape index (κ3) is 7.04. The molecule has 7 atom stereocenters. The number of ether oxygens (including phenoxy) is 2. The summed E-state index contributed by atoms with van der Waals surface area (Å²) in [6.45, 7) is 7.21. The van der Waals surface area contributed by atoms with Crippen LogP contribution >= 0.6 is 0 Å². The maximum atomic E-state index is 12.4. The van der Waals surface area contributed by atoms with Gasteiger partial charge in [0.1, 0.15) is 35.9 Å². The molecule has 33 heavy (non-hydrogen) atoms. The molecule has 5 N–H and O–H groups in total. The van der Waals surface area contributed by atoms with Crippen molar-refractivity contribution in [1.29, 1.82) is 0 Å². The fourth-order valence-corrected chi connectivity index (χ4v) is 3.75. The summed E-state index contributed by atoms with van der Waals surface area (Å²) in [5, 5.41) is 51.0. The highest BCUT2D eigenvalue weighted by Gasteiger charge is 2.48. The Labute approximate surface area is 194 Å². The molecule has 2 rings (SSSR count). The topological polar surface area (TPSA) is 137 Å². The Morgan fingerprint density at radius 3 is 2.45 bits per heavy atom. The van der Waals surface area contributed by atoms with Gasteiger partial charge in [-0.05, 0) is 36.8 Å². The number of phenolic OH excluding ortho intramolecular Hbond substituents is 2. The highest BCUT2D eigenvalue weighted by atomic mass is 16.6. The fraction of sp³-hybridized carbons (Fsp3) is 0.560. The quantitative estimate of drug-likeness (QED) is 0.214. The van der Waals surface area contributed by atoms with Crippen molar-refractivity contribution in [3.8, 4) is 11.5 Å². The van der Waals surface area contributed by atoms with Gasteiger partial charge in [0.25, 0.3) is 0 Å². The SMILES string of the molecule is CCC(C)/C=C/CC(C)/C=C/C(=O)O[C@@H]1[C@@H](O)[C@H](c2c(C)cc(O)cc2O)O[C@H](CO)[C@H]1O. The Balaban J connectivity index is 2.14. The van der Waals surface area contributed by atoms with Crippen molar-refractivity contribution in [2.75, 3.05) is 6.61 Å².